The van der Waals surface area contributed by atoms with Crippen molar-refractivity contribution in [3.05, 3.63) is 106 Å². The van der Waals surface area contributed by atoms with E-state index in [4.69, 9.17) is 16.4 Å². The van der Waals surface area contributed by atoms with Crippen LogP contribution in [-0.4, -0.2) is 58.9 Å². The van der Waals surface area contributed by atoms with Crippen LogP contribution >= 0.6 is 11.6 Å². The van der Waals surface area contributed by atoms with Crippen LogP contribution in [0.4, 0.5) is 0 Å². The molecule has 0 bridgehead atoms. The highest BCUT2D eigenvalue weighted by Gasteiger charge is 2.45. The van der Waals surface area contributed by atoms with E-state index in [9.17, 15) is 19.5 Å². The van der Waals surface area contributed by atoms with Gasteiger partial charge in [0.25, 0.3) is 11.8 Å². The molecular formula is C31H32ClN3O5. The number of piperidine rings is 1. The molecule has 2 aliphatic rings. The highest BCUT2D eigenvalue weighted by Crippen LogP contribution is 2.44. The molecule has 9 heteroatoms. The van der Waals surface area contributed by atoms with Crippen molar-refractivity contribution in [1.82, 2.24) is 15.3 Å². The maximum absolute atomic E-state index is 14.0. The molecule has 0 spiro atoms. The number of likely N-dealkylation sites (tertiary alicyclic amines) is 1. The number of nitrogens with one attached hydrogen (secondary N) is 1. The molecule has 2 N–H and O–H groups in total. The van der Waals surface area contributed by atoms with Gasteiger partial charge in [0.2, 0.25) is 5.91 Å². The summed E-state index contributed by atoms with van der Waals surface area (Å²) in [6, 6.07) is 23.4. The molecule has 5 rings (SSSR count). The van der Waals surface area contributed by atoms with Crippen molar-refractivity contribution in [3.8, 4) is 0 Å². The quantitative estimate of drug-likeness (QED) is 0.404. The number of fused-ring (bicyclic) bond motifs is 1. The van der Waals surface area contributed by atoms with Gasteiger partial charge in [-0.25, -0.2) is 5.48 Å². The van der Waals surface area contributed by atoms with Crippen LogP contribution in [0.25, 0.3) is 0 Å². The Hall–Kier alpha value is -3.72. The summed E-state index contributed by atoms with van der Waals surface area (Å²) in [5.74, 6) is -1.36. The predicted octanol–water partition coefficient (Wildman–Crippen LogP) is 4.10. The second kappa shape index (κ2) is 12.6. The molecule has 0 aromatic heterocycles. The monoisotopic (exact) mass is 561 g/mol. The van der Waals surface area contributed by atoms with Gasteiger partial charge in [0.15, 0.2) is 0 Å². The molecule has 0 radical (unpaired) electrons. The molecule has 0 saturated carbocycles. The number of benzene rings is 3. The number of aliphatic hydroxyl groups excluding tert-OH is 1. The van der Waals surface area contributed by atoms with Crippen LogP contribution in [0.3, 0.4) is 0 Å². The minimum atomic E-state index is -0.720. The number of hydrogen-bond acceptors (Lipinski definition) is 5. The maximum Gasteiger partial charge on any atom is 0.254 e. The number of amides is 3. The van der Waals surface area contributed by atoms with Crippen LogP contribution < -0.4 is 5.48 Å². The summed E-state index contributed by atoms with van der Waals surface area (Å²) in [6.07, 6.45) is 1.39. The highest BCUT2D eigenvalue weighted by molar-refractivity contribution is 6.30. The van der Waals surface area contributed by atoms with Crippen LogP contribution in [0, 0.1) is 5.92 Å². The highest BCUT2D eigenvalue weighted by atomic mass is 35.5. The standard InChI is InChI=1S/C31H32ClN3O5/c32-24-12-10-23(11-13-24)29-28(30(38)33-40-20-22-6-2-1-3-7-22)25-8-4-5-9-26(25)31(39)35(29)18-21-14-16-34(17-15-21)27(37)19-36/h1-13,21,28-29,36H,14-20H2,(H,33,38)/t28-,29+/m1/s1. The van der Waals surface area contributed by atoms with Crippen molar-refractivity contribution in [2.24, 2.45) is 5.92 Å². The molecule has 2 atom stereocenters. The molecule has 3 amide bonds. The molecule has 3 aromatic carbocycles. The molecule has 2 heterocycles. The third-order valence-corrected chi connectivity index (χ3v) is 8.00. The zero-order valence-electron chi connectivity index (χ0n) is 22.0. The van der Waals surface area contributed by atoms with Gasteiger partial charge in [-0.1, -0.05) is 72.3 Å². The molecule has 2 aliphatic heterocycles. The van der Waals surface area contributed by atoms with E-state index in [1.54, 1.807) is 34.1 Å². The number of aliphatic hydroxyl groups is 1. The van der Waals surface area contributed by atoms with Crippen LogP contribution in [0.2, 0.25) is 5.02 Å². The van der Waals surface area contributed by atoms with Gasteiger partial charge in [-0.15, -0.1) is 0 Å². The van der Waals surface area contributed by atoms with E-state index >= 15 is 0 Å². The van der Waals surface area contributed by atoms with Crippen LogP contribution in [0.1, 0.15) is 51.8 Å². The largest absolute Gasteiger partial charge is 0.387 e. The number of hydrogen-bond donors (Lipinski definition) is 2. The second-order valence-corrected chi connectivity index (χ2v) is 10.7. The third-order valence-electron chi connectivity index (χ3n) is 7.74. The summed E-state index contributed by atoms with van der Waals surface area (Å²) >= 11 is 6.20. The van der Waals surface area contributed by atoms with E-state index in [2.05, 4.69) is 5.48 Å². The van der Waals surface area contributed by atoms with Gasteiger partial charge >= 0.3 is 0 Å². The van der Waals surface area contributed by atoms with Gasteiger partial charge in [0, 0.05) is 30.2 Å². The SMILES string of the molecule is O=C(NOCc1ccccc1)[C@@H]1c2ccccc2C(=O)N(CC2CCN(C(=O)CO)CC2)[C@H]1c1ccc(Cl)cc1. The topological polar surface area (TPSA) is 99.2 Å². The average Bonchev–Trinajstić information content (AvgIpc) is 2.99. The zero-order chi connectivity index (χ0) is 28.1. The lowest BCUT2D eigenvalue weighted by atomic mass is 9.78. The Bertz CT molecular complexity index is 1340. The van der Waals surface area contributed by atoms with Gasteiger partial charge < -0.3 is 14.9 Å². The average molecular weight is 562 g/mol. The van der Waals surface area contributed by atoms with Gasteiger partial charge in [-0.3, -0.25) is 19.2 Å². The zero-order valence-corrected chi connectivity index (χ0v) is 22.8. The van der Waals surface area contributed by atoms with Crippen molar-refractivity contribution >= 4 is 29.3 Å². The van der Waals surface area contributed by atoms with E-state index in [0.717, 1.165) is 11.1 Å². The van der Waals surface area contributed by atoms with Crippen LogP contribution in [0.5, 0.6) is 0 Å². The lowest BCUT2D eigenvalue weighted by molar-refractivity contribution is -0.138. The first kappa shape index (κ1) is 27.8. The Kier molecular flexibility index (Phi) is 8.79. The van der Waals surface area contributed by atoms with Crippen molar-refractivity contribution < 1.29 is 24.3 Å². The van der Waals surface area contributed by atoms with E-state index < -0.39 is 18.6 Å². The fourth-order valence-electron chi connectivity index (χ4n) is 5.68. The van der Waals surface area contributed by atoms with E-state index in [1.165, 1.54) is 0 Å². The summed E-state index contributed by atoms with van der Waals surface area (Å²) in [4.78, 5) is 48.8. The number of halogens is 1. The first-order valence-corrected chi connectivity index (χ1v) is 13.8. The summed E-state index contributed by atoms with van der Waals surface area (Å²) in [6.45, 7) is 1.17. The minimum absolute atomic E-state index is 0.129. The van der Waals surface area contributed by atoms with Gasteiger partial charge in [-0.2, -0.15) is 0 Å². The van der Waals surface area contributed by atoms with E-state index in [1.807, 2.05) is 54.6 Å². The molecule has 208 valence electrons. The molecule has 8 nitrogen and oxygen atoms in total. The van der Waals surface area contributed by atoms with Gasteiger partial charge in [-0.05, 0) is 53.6 Å². The fraction of sp³-hybridized carbons (Fsp3) is 0.323. The molecule has 0 unspecified atom stereocenters. The Labute approximate surface area is 238 Å². The van der Waals surface area contributed by atoms with Crippen molar-refractivity contribution in [2.75, 3.05) is 26.2 Å². The molecule has 1 saturated heterocycles. The van der Waals surface area contributed by atoms with Crippen molar-refractivity contribution in [1.29, 1.82) is 0 Å². The summed E-state index contributed by atoms with van der Waals surface area (Å²) in [7, 11) is 0. The number of rotatable bonds is 8. The molecule has 0 aliphatic carbocycles. The smallest absolute Gasteiger partial charge is 0.254 e. The van der Waals surface area contributed by atoms with Crippen LogP contribution in [0.15, 0.2) is 78.9 Å². The third kappa shape index (κ3) is 6.04. The summed E-state index contributed by atoms with van der Waals surface area (Å²) < 4.78 is 0. The Morgan fingerprint density at radius 3 is 2.33 bits per heavy atom. The fourth-order valence-corrected chi connectivity index (χ4v) is 5.80. The second-order valence-electron chi connectivity index (χ2n) is 10.2. The number of hydroxylamine groups is 1. The Morgan fingerprint density at radius 2 is 1.62 bits per heavy atom. The summed E-state index contributed by atoms with van der Waals surface area (Å²) in [5.41, 5.74) is 5.50. The lowest BCUT2D eigenvalue weighted by Crippen LogP contribution is -2.50. The van der Waals surface area contributed by atoms with Crippen molar-refractivity contribution in [3.63, 3.8) is 0 Å². The minimum Gasteiger partial charge on any atom is -0.387 e. The molecular weight excluding hydrogens is 530 g/mol. The lowest BCUT2D eigenvalue weighted by Gasteiger charge is -2.44. The number of nitrogens with zero attached hydrogens (tertiary/aromatic N) is 2. The molecule has 3 aromatic rings. The number of carbonyl (C=O) groups is 3. The molecule has 1 fully saturated rings. The van der Waals surface area contributed by atoms with Crippen LogP contribution in [-0.2, 0) is 21.0 Å². The van der Waals surface area contributed by atoms with E-state index in [-0.39, 0.29) is 30.2 Å². The summed E-state index contributed by atoms with van der Waals surface area (Å²) in [5, 5.41) is 9.79. The predicted molar refractivity (Wildman–Crippen MR) is 150 cm³/mol. The number of carbonyl (C=O) groups excluding carboxylic acids is 3. The first-order valence-electron chi connectivity index (χ1n) is 13.5. The van der Waals surface area contributed by atoms with Crippen molar-refractivity contribution in [2.45, 2.75) is 31.4 Å². The van der Waals surface area contributed by atoms with E-state index in [0.29, 0.717) is 48.6 Å². The van der Waals surface area contributed by atoms with Gasteiger partial charge in [0.1, 0.15) is 6.61 Å². The maximum atomic E-state index is 14.0. The Balaban J connectivity index is 1.44. The Morgan fingerprint density at radius 1 is 0.950 bits per heavy atom. The molecule has 40 heavy (non-hydrogen) atoms. The normalized spacial score (nSPS) is 19.3. The first-order chi connectivity index (χ1) is 19.5. The van der Waals surface area contributed by atoms with Gasteiger partial charge in [0.05, 0.1) is 18.6 Å².